The predicted octanol–water partition coefficient (Wildman–Crippen LogP) is 2.50. The molecule has 0 aliphatic rings. The third-order valence-corrected chi connectivity index (χ3v) is 2.26. The van der Waals surface area contributed by atoms with E-state index in [0.29, 0.717) is 0 Å². The van der Waals surface area contributed by atoms with Gasteiger partial charge in [0.25, 0.3) is 0 Å². The molecule has 0 amide bonds. The normalized spacial score (nSPS) is 9.82. The summed E-state index contributed by atoms with van der Waals surface area (Å²) in [7, 11) is 1.86. The minimum atomic E-state index is 0.896. The van der Waals surface area contributed by atoms with E-state index < -0.39 is 0 Å². The van der Waals surface area contributed by atoms with Crippen molar-refractivity contribution >= 4 is 21.7 Å². The highest BCUT2D eigenvalue weighted by molar-refractivity contribution is 9.10. The Hall–Kier alpha value is -0.570. The van der Waals surface area contributed by atoms with Crippen LogP contribution >= 0.6 is 15.9 Å². The lowest BCUT2D eigenvalue weighted by molar-refractivity contribution is 1.13. The maximum Gasteiger partial charge on any atom is 0.140 e. The Morgan fingerprint density at radius 3 is 2.64 bits per heavy atom. The molecule has 60 valence electrons. The number of nitrogens with zero attached hydrogens (tertiary/aromatic N) is 1. The zero-order chi connectivity index (χ0) is 8.43. The molecule has 1 rings (SSSR count). The highest BCUT2D eigenvalue weighted by Crippen LogP contribution is 2.21. The fourth-order valence-corrected chi connectivity index (χ4v) is 1.48. The van der Waals surface area contributed by atoms with Crippen LogP contribution in [0.3, 0.4) is 0 Å². The molecule has 0 aromatic carbocycles. The standard InChI is InChI=1S/C8H11BrN2/c1-5-4-7(9)8(10-3)11-6(5)2/h4H,1-3H3,(H,10,11). The molecule has 11 heavy (non-hydrogen) atoms. The number of halogens is 1. The van der Waals surface area contributed by atoms with Crippen molar-refractivity contribution in [2.75, 3.05) is 12.4 Å². The van der Waals surface area contributed by atoms with E-state index in [1.807, 2.05) is 20.9 Å². The quantitative estimate of drug-likeness (QED) is 0.778. The molecule has 0 fully saturated rings. The first-order valence-electron chi connectivity index (χ1n) is 3.46. The number of nitrogens with one attached hydrogen (secondary N) is 1. The third-order valence-electron chi connectivity index (χ3n) is 1.66. The molecule has 0 saturated heterocycles. The van der Waals surface area contributed by atoms with Crippen molar-refractivity contribution in [2.24, 2.45) is 0 Å². The van der Waals surface area contributed by atoms with Gasteiger partial charge in [-0.2, -0.15) is 0 Å². The second kappa shape index (κ2) is 3.22. The molecular weight excluding hydrogens is 204 g/mol. The van der Waals surface area contributed by atoms with Gasteiger partial charge in [-0.05, 0) is 41.4 Å². The summed E-state index contributed by atoms with van der Waals surface area (Å²) in [5.41, 5.74) is 2.27. The molecule has 1 N–H and O–H groups in total. The van der Waals surface area contributed by atoms with E-state index in [-0.39, 0.29) is 0 Å². The van der Waals surface area contributed by atoms with Gasteiger partial charge >= 0.3 is 0 Å². The van der Waals surface area contributed by atoms with Crippen LogP contribution in [0, 0.1) is 13.8 Å². The summed E-state index contributed by atoms with van der Waals surface area (Å²) in [6.45, 7) is 4.05. The number of aromatic nitrogens is 1. The van der Waals surface area contributed by atoms with E-state index in [2.05, 4.69) is 32.3 Å². The van der Waals surface area contributed by atoms with Crippen LogP contribution in [0.2, 0.25) is 0 Å². The van der Waals surface area contributed by atoms with Crippen molar-refractivity contribution in [1.29, 1.82) is 0 Å². The summed E-state index contributed by atoms with van der Waals surface area (Å²) in [6, 6.07) is 2.06. The Kier molecular flexibility index (Phi) is 2.49. The molecule has 0 radical (unpaired) electrons. The van der Waals surface area contributed by atoms with E-state index in [4.69, 9.17) is 0 Å². The van der Waals surface area contributed by atoms with Crippen molar-refractivity contribution in [3.8, 4) is 0 Å². The van der Waals surface area contributed by atoms with Gasteiger partial charge < -0.3 is 5.32 Å². The molecule has 0 spiro atoms. The van der Waals surface area contributed by atoms with Crippen molar-refractivity contribution in [3.63, 3.8) is 0 Å². The van der Waals surface area contributed by atoms with E-state index in [1.165, 1.54) is 5.56 Å². The van der Waals surface area contributed by atoms with Crippen molar-refractivity contribution in [2.45, 2.75) is 13.8 Å². The maximum atomic E-state index is 4.33. The van der Waals surface area contributed by atoms with E-state index in [1.54, 1.807) is 0 Å². The number of pyridine rings is 1. The number of rotatable bonds is 1. The zero-order valence-corrected chi connectivity index (χ0v) is 8.49. The van der Waals surface area contributed by atoms with Crippen LogP contribution < -0.4 is 5.32 Å². The topological polar surface area (TPSA) is 24.9 Å². The van der Waals surface area contributed by atoms with E-state index in [9.17, 15) is 0 Å². The number of anilines is 1. The van der Waals surface area contributed by atoms with Gasteiger partial charge in [0.1, 0.15) is 5.82 Å². The van der Waals surface area contributed by atoms with Crippen LogP contribution in [0.4, 0.5) is 5.82 Å². The Balaban J connectivity index is 3.21. The highest BCUT2D eigenvalue weighted by Gasteiger charge is 2.01. The molecule has 0 aliphatic carbocycles. The SMILES string of the molecule is CNc1nc(C)c(C)cc1Br. The zero-order valence-electron chi connectivity index (χ0n) is 6.90. The monoisotopic (exact) mass is 214 g/mol. The average molecular weight is 215 g/mol. The van der Waals surface area contributed by atoms with Crippen LogP contribution in [-0.4, -0.2) is 12.0 Å². The molecular formula is C8H11BrN2. The molecule has 3 heteroatoms. The van der Waals surface area contributed by atoms with Crippen LogP contribution in [0.5, 0.6) is 0 Å². The molecule has 2 nitrogen and oxygen atoms in total. The number of hydrogen-bond acceptors (Lipinski definition) is 2. The van der Waals surface area contributed by atoms with Gasteiger partial charge in [-0.1, -0.05) is 0 Å². The summed E-state index contributed by atoms with van der Waals surface area (Å²) in [5.74, 6) is 0.896. The summed E-state index contributed by atoms with van der Waals surface area (Å²) >= 11 is 3.42. The second-order valence-corrected chi connectivity index (χ2v) is 3.33. The molecule has 1 aromatic rings. The van der Waals surface area contributed by atoms with Crippen LogP contribution in [0.15, 0.2) is 10.5 Å². The van der Waals surface area contributed by atoms with Gasteiger partial charge in [-0.3, -0.25) is 0 Å². The molecule has 0 bridgehead atoms. The van der Waals surface area contributed by atoms with E-state index in [0.717, 1.165) is 16.0 Å². The summed E-state index contributed by atoms with van der Waals surface area (Å²) in [6.07, 6.45) is 0. The maximum absolute atomic E-state index is 4.33. The van der Waals surface area contributed by atoms with Crippen molar-refractivity contribution in [1.82, 2.24) is 4.98 Å². The van der Waals surface area contributed by atoms with Crippen molar-refractivity contribution in [3.05, 3.63) is 21.8 Å². The van der Waals surface area contributed by atoms with E-state index >= 15 is 0 Å². The predicted molar refractivity (Wildman–Crippen MR) is 51.0 cm³/mol. The highest BCUT2D eigenvalue weighted by atomic mass is 79.9. The first kappa shape index (κ1) is 8.53. The van der Waals surface area contributed by atoms with Crippen LogP contribution in [0.1, 0.15) is 11.3 Å². The summed E-state index contributed by atoms with van der Waals surface area (Å²) < 4.78 is 1.02. The smallest absolute Gasteiger partial charge is 0.140 e. The van der Waals surface area contributed by atoms with Gasteiger partial charge in [0.15, 0.2) is 0 Å². The number of aryl methyl sites for hydroxylation is 2. The second-order valence-electron chi connectivity index (χ2n) is 2.47. The molecule has 0 saturated carbocycles. The third kappa shape index (κ3) is 1.71. The Labute approximate surface area is 75.2 Å². The lowest BCUT2D eigenvalue weighted by Gasteiger charge is -2.05. The van der Waals surface area contributed by atoms with Gasteiger partial charge in [0, 0.05) is 12.7 Å². The van der Waals surface area contributed by atoms with Gasteiger partial charge in [-0.15, -0.1) is 0 Å². The van der Waals surface area contributed by atoms with Crippen LogP contribution in [-0.2, 0) is 0 Å². The Bertz CT molecular complexity index is 271. The van der Waals surface area contributed by atoms with Crippen LogP contribution in [0.25, 0.3) is 0 Å². The number of hydrogen-bond donors (Lipinski definition) is 1. The first-order chi connectivity index (χ1) is 5.15. The molecule has 0 unspecified atom stereocenters. The average Bonchev–Trinajstić information content (AvgIpc) is 1.97. The minimum Gasteiger partial charge on any atom is -0.372 e. The molecule has 1 aromatic heterocycles. The fourth-order valence-electron chi connectivity index (χ4n) is 0.847. The summed E-state index contributed by atoms with van der Waals surface area (Å²) in [4.78, 5) is 4.33. The molecule has 0 aliphatic heterocycles. The Morgan fingerprint density at radius 1 is 1.45 bits per heavy atom. The minimum absolute atomic E-state index is 0.896. The largest absolute Gasteiger partial charge is 0.372 e. The lowest BCUT2D eigenvalue weighted by Crippen LogP contribution is -1.96. The summed E-state index contributed by atoms with van der Waals surface area (Å²) in [5, 5.41) is 3.01. The van der Waals surface area contributed by atoms with Gasteiger partial charge in [0.05, 0.1) is 4.47 Å². The lowest BCUT2D eigenvalue weighted by atomic mass is 10.2. The molecule has 0 atom stereocenters. The van der Waals surface area contributed by atoms with Gasteiger partial charge in [-0.25, -0.2) is 4.98 Å². The first-order valence-corrected chi connectivity index (χ1v) is 4.26. The molecule has 1 heterocycles. The van der Waals surface area contributed by atoms with Crippen molar-refractivity contribution < 1.29 is 0 Å². The fraction of sp³-hybridized carbons (Fsp3) is 0.375. The Morgan fingerprint density at radius 2 is 2.09 bits per heavy atom. The van der Waals surface area contributed by atoms with Gasteiger partial charge in [0.2, 0.25) is 0 Å².